The van der Waals surface area contributed by atoms with Crippen molar-refractivity contribution in [2.24, 2.45) is 0 Å². The lowest BCUT2D eigenvalue weighted by molar-refractivity contribution is -0.136. The summed E-state index contributed by atoms with van der Waals surface area (Å²) in [5.41, 5.74) is 0.657. The highest BCUT2D eigenvalue weighted by atomic mass is 16.2. The molecular weight excluding hydrogens is 364 g/mol. The Bertz CT molecular complexity index is 887. The first kappa shape index (κ1) is 19.5. The van der Waals surface area contributed by atoms with Crippen LogP contribution in [0.25, 0.3) is 0 Å². The third-order valence-corrected chi connectivity index (χ3v) is 4.45. The summed E-state index contributed by atoms with van der Waals surface area (Å²) >= 11 is 0. The molecule has 0 spiro atoms. The molecule has 0 bridgehead atoms. The highest BCUT2D eigenvalue weighted by molar-refractivity contribution is 6.23. The van der Waals surface area contributed by atoms with Crippen molar-refractivity contribution in [1.82, 2.24) is 20.9 Å². The number of amides is 6. The van der Waals surface area contributed by atoms with E-state index in [9.17, 15) is 24.0 Å². The van der Waals surface area contributed by atoms with Gasteiger partial charge in [0, 0.05) is 18.5 Å². The van der Waals surface area contributed by atoms with Crippen molar-refractivity contribution in [2.45, 2.75) is 51.7 Å². The van der Waals surface area contributed by atoms with Crippen LogP contribution in [0.1, 0.15) is 59.9 Å². The molecule has 1 aromatic rings. The van der Waals surface area contributed by atoms with Gasteiger partial charge in [-0.25, -0.2) is 4.79 Å². The minimum absolute atomic E-state index is 0.0713. The lowest BCUT2D eigenvalue weighted by atomic mass is 10.0. The number of hydrogen-bond acceptors (Lipinski definition) is 5. The number of rotatable bonds is 3. The molecule has 28 heavy (non-hydrogen) atoms. The number of nitrogens with one attached hydrogen (secondary N) is 3. The molecule has 148 valence electrons. The van der Waals surface area contributed by atoms with E-state index >= 15 is 0 Å². The maximum Gasteiger partial charge on any atom is 0.315 e. The number of carbonyl (C=O) groups excluding carboxylic acids is 5. The van der Waals surface area contributed by atoms with Gasteiger partial charge in [0.05, 0.1) is 11.1 Å². The number of hydrogen-bond donors (Lipinski definition) is 3. The number of carbonyl (C=O) groups is 5. The smallest absolute Gasteiger partial charge is 0.315 e. The average Bonchev–Trinajstić information content (AvgIpc) is 2.83. The molecule has 2 aliphatic rings. The van der Waals surface area contributed by atoms with E-state index in [0.717, 1.165) is 4.90 Å². The predicted molar refractivity (Wildman–Crippen MR) is 98.2 cm³/mol. The Morgan fingerprint density at radius 3 is 2.46 bits per heavy atom. The molecule has 2 aliphatic heterocycles. The second-order valence-corrected chi connectivity index (χ2v) is 7.88. The normalized spacial score (nSPS) is 19.4. The maximum atomic E-state index is 12.8. The van der Waals surface area contributed by atoms with Crippen LogP contribution in [-0.2, 0) is 16.1 Å². The zero-order chi connectivity index (χ0) is 20.6. The van der Waals surface area contributed by atoms with E-state index in [4.69, 9.17) is 0 Å². The van der Waals surface area contributed by atoms with Gasteiger partial charge in [0.1, 0.15) is 6.04 Å². The molecule has 3 rings (SSSR count). The molecular formula is C19H22N4O5. The second kappa shape index (κ2) is 7.06. The molecule has 0 aliphatic carbocycles. The molecule has 1 aromatic carbocycles. The molecule has 0 radical (unpaired) electrons. The summed E-state index contributed by atoms with van der Waals surface area (Å²) in [4.78, 5) is 61.5. The van der Waals surface area contributed by atoms with Crippen molar-refractivity contribution in [3.63, 3.8) is 0 Å². The molecule has 1 fully saturated rings. The quantitative estimate of drug-likeness (QED) is 0.659. The number of nitrogens with zero attached hydrogens (tertiary/aromatic N) is 1. The number of urea groups is 1. The first-order valence-corrected chi connectivity index (χ1v) is 8.97. The molecule has 9 nitrogen and oxygen atoms in total. The summed E-state index contributed by atoms with van der Waals surface area (Å²) < 4.78 is 0. The van der Waals surface area contributed by atoms with Crippen LogP contribution in [0.3, 0.4) is 0 Å². The van der Waals surface area contributed by atoms with Crippen LogP contribution in [0.5, 0.6) is 0 Å². The van der Waals surface area contributed by atoms with E-state index in [0.29, 0.717) is 5.56 Å². The van der Waals surface area contributed by atoms with Crippen LogP contribution in [-0.4, -0.2) is 46.1 Å². The lowest BCUT2D eigenvalue weighted by Crippen LogP contribution is -2.54. The number of benzene rings is 1. The Labute approximate surface area is 161 Å². The fourth-order valence-corrected chi connectivity index (χ4v) is 3.20. The zero-order valence-corrected chi connectivity index (χ0v) is 15.9. The number of piperidine rings is 1. The molecule has 0 saturated carbocycles. The van der Waals surface area contributed by atoms with E-state index in [1.165, 1.54) is 6.07 Å². The molecule has 6 amide bonds. The van der Waals surface area contributed by atoms with Gasteiger partial charge in [0.15, 0.2) is 0 Å². The first-order valence-electron chi connectivity index (χ1n) is 8.97. The minimum Gasteiger partial charge on any atom is -0.334 e. The molecule has 9 heteroatoms. The average molecular weight is 386 g/mol. The maximum absolute atomic E-state index is 12.8. The van der Waals surface area contributed by atoms with Crippen molar-refractivity contribution in [3.05, 3.63) is 34.9 Å². The Morgan fingerprint density at radius 1 is 1.14 bits per heavy atom. The van der Waals surface area contributed by atoms with Crippen LogP contribution in [0.2, 0.25) is 0 Å². The zero-order valence-electron chi connectivity index (χ0n) is 15.9. The summed E-state index contributed by atoms with van der Waals surface area (Å²) in [5.74, 6) is -2.19. The Balaban J connectivity index is 1.74. The van der Waals surface area contributed by atoms with Crippen molar-refractivity contribution < 1.29 is 24.0 Å². The van der Waals surface area contributed by atoms with Gasteiger partial charge in [0.2, 0.25) is 11.8 Å². The summed E-state index contributed by atoms with van der Waals surface area (Å²) in [6.45, 7) is 5.75. The molecule has 2 heterocycles. The number of fused-ring (bicyclic) bond motifs is 1. The third kappa shape index (κ3) is 3.88. The van der Waals surface area contributed by atoms with Gasteiger partial charge in [-0.2, -0.15) is 0 Å². The summed E-state index contributed by atoms with van der Waals surface area (Å²) in [5, 5.41) is 7.62. The summed E-state index contributed by atoms with van der Waals surface area (Å²) in [6, 6.07) is 3.36. The van der Waals surface area contributed by atoms with Gasteiger partial charge >= 0.3 is 6.03 Å². The fraction of sp³-hybridized carbons (Fsp3) is 0.421. The van der Waals surface area contributed by atoms with Crippen molar-refractivity contribution in [2.75, 3.05) is 0 Å². The topological polar surface area (TPSA) is 125 Å². The van der Waals surface area contributed by atoms with Crippen LogP contribution >= 0.6 is 0 Å². The largest absolute Gasteiger partial charge is 0.334 e. The standard InChI is InChI=1S/C19H22N4O5/c1-19(2,3)22-18(28)20-9-10-4-5-11-12(8-10)17(27)23(16(11)26)13-6-7-14(24)21-15(13)25/h4-5,8,13H,6-7,9H2,1-3H3,(H2,20,22,28)(H,21,24,25). The Hall–Kier alpha value is -3.23. The van der Waals surface area contributed by atoms with Crippen molar-refractivity contribution >= 4 is 29.7 Å². The van der Waals surface area contributed by atoms with Crippen molar-refractivity contribution in [3.8, 4) is 0 Å². The van der Waals surface area contributed by atoms with Gasteiger partial charge in [0.25, 0.3) is 11.8 Å². The second-order valence-electron chi connectivity index (χ2n) is 7.88. The summed E-state index contributed by atoms with van der Waals surface area (Å²) in [6.07, 6.45) is 0.180. The molecule has 3 N–H and O–H groups in total. The predicted octanol–water partition coefficient (Wildman–Crippen LogP) is 0.685. The van der Waals surface area contributed by atoms with E-state index in [1.807, 2.05) is 20.8 Å². The third-order valence-electron chi connectivity index (χ3n) is 4.45. The van der Waals surface area contributed by atoms with Gasteiger partial charge in [-0.3, -0.25) is 29.4 Å². The highest BCUT2D eigenvalue weighted by Crippen LogP contribution is 2.28. The van der Waals surface area contributed by atoms with Crippen molar-refractivity contribution in [1.29, 1.82) is 0 Å². The van der Waals surface area contributed by atoms with Gasteiger partial charge < -0.3 is 10.6 Å². The molecule has 0 aromatic heterocycles. The van der Waals surface area contributed by atoms with Gasteiger partial charge in [-0.15, -0.1) is 0 Å². The van der Waals surface area contributed by atoms with Gasteiger partial charge in [-0.1, -0.05) is 6.07 Å². The minimum atomic E-state index is -0.996. The molecule has 1 saturated heterocycles. The van der Waals surface area contributed by atoms with E-state index < -0.39 is 29.7 Å². The van der Waals surface area contributed by atoms with E-state index in [1.54, 1.807) is 12.1 Å². The lowest BCUT2D eigenvalue weighted by Gasteiger charge is -2.27. The van der Waals surface area contributed by atoms with Crippen LogP contribution in [0.15, 0.2) is 18.2 Å². The van der Waals surface area contributed by atoms with Crippen LogP contribution in [0, 0.1) is 0 Å². The van der Waals surface area contributed by atoms with Gasteiger partial charge in [-0.05, 0) is 44.9 Å². The van der Waals surface area contributed by atoms with E-state index in [-0.39, 0.29) is 42.1 Å². The van der Waals surface area contributed by atoms with E-state index in [2.05, 4.69) is 16.0 Å². The molecule has 1 atom stereocenters. The highest BCUT2D eigenvalue weighted by Gasteiger charge is 2.44. The van der Waals surface area contributed by atoms with Crippen LogP contribution < -0.4 is 16.0 Å². The fourth-order valence-electron chi connectivity index (χ4n) is 3.20. The Kier molecular flexibility index (Phi) is 4.93. The number of imide groups is 2. The molecule has 1 unspecified atom stereocenters. The monoisotopic (exact) mass is 386 g/mol. The Morgan fingerprint density at radius 2 is 1.82 bits per heavy atom. The first-order chi connectivity index (χ1) is 13.1. The van der Waals surface area contributed by atoms with Crippen LogP contribution in [0.4, 0.5) is 4.79 Å². The SMILES string of the molecule is CC(C)(C)NC(=O)NCc1ccc2c(c1)C(=O)N(C1CCC(=O)NC1=O)C2=O. The summed E-state index contributed by atoms with van der Waals surface area (Å²) in [7, 11) is 0.